The highest BCUT2D eigenvalue weighted by atomic mass is 15.3. The molecule has 122 valence electrons. The molecule has 1 aliphatic rings. The second kappa shape index (κ2) is 8.18. The molecular formula is C18H30N4. The van der Waals surface area contributed by atoms with Crippen LogP contribution in [-0.2, 0) is 13.1 Å². The van der Waals surface area contributed by atoms with Crippen molar-refractivity contribution < 1.29 is 0 Å². The Labute approximate surface area is 135 Å². The molecular weight excluding hydrogens is 272 g/mol. The Balaban J connectivity index is 1.92. The molecule has 1 saturated heterocycles. The molecule has 2 N–H and O–H groups in total. The van der Waals surface area contributed by atoms with E-state index in [1.165, 1.54) is 24.0 Å². The van der Waals surface area contributed by atoms with Gasteiger partial charge in [-0.1, -0.05) is 38.1 Å². The van der Waals surface area contributed by atoms with Crippen LogP contribution in [0, 0.1) is 5.92 Å². The minimum Gasteiger partial charge on any atom is -0.370 e. The summed E-state index contributed by atoms with van der Waals surface area (Å²) in [6.07, 6.45) is 2.43. The lowest BCUT2D eigenvalue weighted by Crippen LogP contribution is -2.42. The number of likely N-dealkylation sites (tertiary alicyclic amines) is 1. The van der Waals surface area contributed by atoms with Crippen molar-refractivity contribution in [1.82, 2.24) is 9.80 Å². The van der Waals surface area contributed by atoms with Crippen molar-refractivity contribution in [3.05, 3.63) is 35.4 Å². The van der Waals surface area contributed by atoms with Gasteiger partial charge >= 0.3 is 0 Å². The Bertz CT molecular complexity index is 490. The Morgan fingerprint density at radius 3 is 2.68 bits per heavy atom. The van der Waals surface area contributed by atoms with Crippen LogP contribution < -0.4 is 5.73 Å². The van der Waals surface area contributed by atoms with Crippen LogP contribution in [-0.4, -0.2) is 42.4 Å². The highest BCUT2D eigenvalue weighted by Crippen LogP contribution is 2.16. The summed E-state index contributed by atoms with van der Waals surface area (Å²) in [7, 11) is 2.14. The van der Waals surface area contributed by atoms with Crippen LogP contribution in [0.2, 0.25) is 0 Å². The second-order valence-corrected chi connectivity index (χ2v) is 6.49. The number of nitrogens with zero attached hydrogens (tertiary/aromatic N) is 3. The average molecular weight is 302 g/mol. The third-order valence-electron chi connectivity index (χ3n) is 4.51. The van der Waals surface area contributed by atoms with Gasteiger partial charge in [0.25, 0.3) is 0 Å². The fourth-order valence-electron chi connectivity index (χ4n) is 2.76. The van der Waals surface area contributed by atoms with Crippen molar-refractivity contribution in [2.24, 2.45) is 16.6 Å². The zero-order valence-electron chi connectivity index (χ0n) is 14.3. The zero-order chi connectivity index (χ0) is 15.9. The number of nitrogens with two attached hydrogens (primary N) is 1. The SMILES string of the molecule is CCN(C)Cc1cccc(CN=C(N)N2CCC(C)CC2)c1. The molecule has 22 heavy (non-hydrogen) atoms. The number of rotatable bonds is 5. The van der Waals surface area contributed by atoms with Crippen LogP contribution in [0.4, 0.5) is 0 Å². The van der Waals surface area contributed by atoms with Gasteiger partial charge in [-0.3, -0.25) is 0 Å². The maximum Gasteiger partial charge on any atom is 0.191 e. The molecule has 0 amide bonds. The standard InChI is InChI=1S/C18H30N4/c1-4-21(3)14-17-7-5-6-16(12-17)13-20-18(19)22-10-8-15(2)9-11-22/h5-7,12,15H,4,8-11,13-14H2,1-3H3,(H2,19,20). The average Bonchev–Trinajstić information content (AvgIpc) is 2.53. The molecule has 0 bridgehead atoms. The topological polar surface area (TPSA) is 44.9 Å². The monoisotopic (exact) mass is 302 g/mol. The van der Waals surface area contributed by atoms with Crippen LogP contribution in [0.15, 0.2) is 29.3 Å². The second-order valence-electron chi connectivity index (χ2n) is 6.49. The van der Waals surface area contributed by atoms with Gasteiger partial charge in [-0.25, -0.2) is 4.99 Å². The third kappa shape index (κ3) is 5.02. The summed E-state index contributed by atoms with van der Waals surface area (Å²) in [6.45, 7) is 9.27. The van der Waals surface area contributed by atoms with Crippen LogP contribution >= 0.6 is 0 Å². The molecule has 0 unspecified atom stereocenters. The molecule has 4 heteroatoms. The third-order valence-corrected chi connectivity index (χ3v) is 4.51. The minimum atomic E-state index is 0.668. The maximum atomic E-state index is 6.15. The summed E-state index contributed by atoms with van der Waals surface area (Å²) in [5.74, 6) is 1.51. The van der Waals surface area contributed by atoms with Crippen molar-refractivity contribution in [3.63, 3.8) is 0 Å². The molecule has 0 aliphatic carbocycles. The van der Waals surface area contributed by atoms with Crippen molar-refractivity contribution in [3.8, 4) is 0 Å². The van der Waals surface area contributed by atoms with E-state index < -0.39 is 0 Å². The lowest BCUT2D eigenvalue weighted by molar-refractivity contribution is 0.277. The van der Waals surface area contributed by atoms with Crippen LogP contribution in [0.25, 0.3) is 0 Å². The first-order valence-electron chi connectivity index (χ1n) is 8.39. The molecule has 0 radical (unpaired) electrons. The Kier molecular flexibility index (Phi) is 6.25. The quantitative estimate of drug-likeness (QED) is 0.672. The van der Waals surface area contributed by atoms with Gasteiger partial charge in [-0.2, -0.15) is 0 Å². The molecule has 1 fully saturated rings. The molecule has 1 heterocycles. The van der Waals surface area contributed by atoms with Gasteiger partial charge in [0.05, 0.1) is 6.54 Å². The zero-order valence-corrected chi connectivity index (χ0v) is 14.3. The van der Waals surface area contributed by atoms with Gasteiger partial charge in [-0.15, -0.1) is 0 Å². The van der Waals surface area contributed by atoms with Gasteiger partial charge in [0, 0.05) is 19.6 Å². The van der Waals surface area contributed by atoms with Crippen molar-refractivity contribution in [2.75, 3.05) is 26.7 Å². The summed E-state index contributed by atoms with van der Waals surface area (Å²) in [6, 6.07) is 8.66. The predicted molar refractivity (Wildman–Crippen MR) is 93.7 cm³/mol. The maximum absolute atomic E-state index is 6.15. The van der Waals surface area contributed by atoms with E-state index in [9.17, 15) is 0 Å². The predicted octanol–water partition coefficient (Wildman–Crippen LogP) is 2.68. The smallest absolute Gasteiger partial charge is 0.191 e. The van der Waals surface area contributed by atoms with E-state index >= 15 is 0 Å². The fraction of sp³-hybridized carbons (Fsp3) is 0.611. The number of guanidine groups is 1. The van der Waals surface area contributed by atoms with Crippen LogP contribution in [0.1, 0.15) is 37.8 Å². The molecule has 1 aromatic carbocycles. The highest BCUT2D eigenvalue weighted by molar-refractivity contribution is 5.78. The molecule has 2 rings (SSSR count). The first-order chi connectivity index (χ1) is 10.6. The minimum absolute atomic E-state index is 0.668. The van der Waals surface area contributed by atoms with E-state index in [-0.39, 0.29) is 0 Å². The lowest BCUT2D eigenvalue weighted by atomic mass is 10.00. The highest BCUT2D eigenvalue weighted by Gasteiger charge is 2.16. The van der Waals surface area contributed by atoms with Crippen molar-refractivity contribution in [1.29, 1.82) is 0 Å². The van der Waals surface area contributed by atoms with Gasteiger partial charge in [0.1, 0.15) is 0 Å². The number of benzene rings is 1. The Morgan fingerprint density at radius 1 is 1.32 bits per heavy atom. The van der Waals surface area contributed by atoms with Crippen molar-refractivity contribution >= 4 is 5.96 Å². The number of piperidine rings is 1. The van der Waals surface area contributed by atoms with E-state index in [0.717, 1.165) is 32.1 Å². The largest absolute Gasteiger partial charge is 0.370 e. The number of aliphatic imine (C=N–C) groups is 1. The number of hydrogen-bond donors (Lipinski definition) is 1. The molecule has 1 aromatic rings. The summed E-state index contributed by atoms with van der Waals surface area (Å²) in [4.78, 5) is 9.10. The fourth-order valence-corrected chi connectivity index (χ4v) is 2.76. The molecule has 0 saturated carbocycles. The summed E-state index contributed by atoms with van der Waals surface area (Å²) >= 11 is 0. The molecule has 0 aromatic heterocycles. The van der Waals surface area contributed by atoms with E-state index in [0.29, 0.717) is 12.5 Å². The Morgan fingerprint density at radius 2 is 2.00 bits per heavy atom. The van der Waals surface area contributed by atoms with E-state index in [2.05, 4.69) is 60.0 Å². The first-order valence-corrected chi connectivity index (χ1v) is 8.39. The van der Waals surface area contributed by atoms with Gasteiger partial charge in [-0.05, 0) is 43.5 Å². The van der Waals surface area contributed by atoms with Crippen LogP contribution in [0.3, 0.4) is 0 Å². The molecule has 4 nitrogen and oxygen atoms in total. The first kappa shape index (κ1) is 16.8. The number of hydrogen-bond acceptors (Lipinski definition) is 2. The van der Waals surface area contributed by atoms with E-state index in [1.54, 1.807) is 0 Å². The molecule has 1 aliphatic heterocycles. The summed E-state index contributed by atoms with van der Waals surface area (Å²) < 4.78 is 0. The van der Waals surface area contributed by atoms with Crippen molar-refractivity contribution in [2.45, 2.75) is 39.8 Å². The summed E-state index contributed by atoms with van der Waals surface area (Å²) in [5.41, 5.74) is 8.72. The van der Waals surface area contributed by atoms with E-state index in [1.807, 2.05) is 0 Å². The van der Waals surface area contributed by atoms with Gasteiger partial charge in [0.15, 0.2) is 5.96 Å². The van der Waals surface area contributed by atoms with Crippen LogP contribution in [0.5, 0.6) is 0 Å². The van der Waals surface area contributed by atoms with Gasteiger partial charge < -0.3 is 15.5 Å². The van der Waals surface area contributed by atoms with E-state index in [4.69, 9.17) is 5.73 Å². The molecule has 0 spiro atoms. The lowest BCUT2D eigenvalue weighted by Gasteiger charge is -2.31. The summed E-state index contributed by atoms with van der Waals surface area (Å²) in [5, 5.41) is 0. The molecule has 0 atom stereocenters. The normalized spacial score (nSPS) is 17.3. The Hall–Kier alpha value is -1.55. The van der Waals surface area contributed by atoms with Gasteiger partial charge in [0.2, 0.25) is 0 Å².